The van der Waals surface area contributed by atoms with E-state index in [-0.39, 0.29) is 5.91 Å². The maximum atomic E-state index is 11.9. The monoisotopic (exact) mass is 330 g/mol. The van der Waals surface area contributed by atoms with Crippen LogP contribution < -0.4 is 5.32 Å². The lowest BCUT2D eigenvalue weighted by atomic mass is 10.2. The Hall–Kier alpha value is -1.91. The summed E-state index contributed by atoms with van der Waals surface area (Å²) in [5.41, 5.74) is 1.81. The van der Waals surface area contributed by atoms with Crippen LogP contribution in [-0.4, -0.2) is 10.9 Å². The van der Waals surface area contributed by atoms with Crippen LogP contribution in [0.1, 0.15) is 17.8 Å². The second kappa shape index (κ2) is 6.90. The number of amides is 1. The van der Waals surface area contributed by atoms with Gasteiger partial charge in [-0.15, -0.1) is 11.3 Å². The minimum atomic E-state index is 0.0171. The Morgan fingerprint density at radius 1 is 1.14 bits per heavy atom. The lowest BCUT2D eigenvalue weighted by molar-refractivity contribution is -0.116. The first-order chi connectivity index (χ1) is 10.7. The largest absolute Gasteiger partial charge is 0.326 e. The topological polar surface area (TPSA) is 42.0 Å². The lowest BCUT2D eigenvalue weighted by Gasteiger charge is -2.04. The summed E-state index contributed by atoms with van der Waals surface area (Å²) in [6, 6.07) is 15.2. The van der Waals surface area contributed by atoms with Crippen molar-refractivity contribution in [1.82, 2.24) is 4.98 Å². The van der Waals surface area contributed by atoms with E-state index in [9.17, 15) is 4.79 Å². The Balaban J connectivity index is 1.49. The third-order valence-corrected chi connectivity index (χ3v) is 4.61. The highest BCUT2D eigenvalue weighted by atomic mass is 35.5. The maximum absolute atomic E-state index is 11.9. The van der Waals surface area contributed by atoms with Crippen molar-refractivity contribution >= 4 is 44.7 Å². The third-order valence-electron chi connectivity index (χ3n) is 3.26. The van der Waals surface area contributed by atoms with Gasteiger partial charge >= 0.3 is 0 Å². The van der Waals surface area contributed by atoms with E-state index in [1.807, 2.05) is 18.2 Å². The summed E-state index contributed by atoms with van der Waals surface area (Å²) in [6.45, 7) is 0. The Bertz CT molecular complexity index is 750. The van der Waals surface area contributed by atoms with Crippen molar-refractivity contribution in [3.63, 3.8) is 0 Å². The number of carbonyl (C=O) groups excluding carboxylic acids is 1. The molecule has 1 N–H and O–H groups in total. The van der Waals surface area contributed by atoms with E-state index >= 15 is 0 Å². The lowest BCUT2D eigenvalue weighted by Crippen LogP contribution is -2.11. The van der Waals surface area contributed by atoms with Crippen molar-refractivity contribution in [2.24, 2.45) is 0 Å². The quantitative estimate of drug-likeness (QED) is 0.722. The molecule has 0 spiro atoms. The Morgan fingerprint density at radius 2 is 1.91 bits per heavy atom. The zero-order chi connectivity index (χ0) is 15.4. The van der Waals surface area contributed by atoms with Crippen LogP contribution in [0.4, 0.5) is 5.69 Å². The number of hydrogen-bond acceptors (Lipinski definition) is 3. The number of thiazole rings is 1. The normalized spacial score (nSPS) is 10.8. The first-order valence-corrected chi connectivity index (χ1v) is 8.30. The number of nitrogens with zero attached hydrogens (tertiary/aromatic N) is 1. The first-order valence-electron chi connectivity index (χ1n) is 7.10. The van der Waals surface area contributed by atoms with Crippen LogP contribution in [0.2, 0.25) is 5.02 Å². The van der Waals surface area contributed by atoms with E-state index in [0.29, 0.717) is 11.4 Å². The van der Waals surface area contributed by atoms with Gasteiger partial charge in [0.25, 0.3) is 0 Å². The molecule has 3 aromatic rings. The summed E-state index contributed by atoms with van der Waals surface area (Å²) in [5, 5.41) is 4.61. The van der Waals surface area contributed by atoms with E-state index in [0.717, 1.165) is 29.1 Å². The van der Waals surface area contributed by atoms with E-state index < -0.39 is 0 Å². The fourth-order valence-electron chi connectivity index (χ4n) is 2.18. The molecule has 3 rings (SSSR count). The molecule has 0 fully saturated rings. The van der Waals surface area contributed by atoms with Gasteiger partial charge in [-0.25, -0.2) is 4.98 Å². The predicted molar refractivity (Wildman–Crippen MR) is 92.6 cm³/mol. The number of halogens is 1. The van der Waals surface area contributed by atoms with Crippen LogP contribution in [0, 0.1) is 0 Å². The predicted octanol–water partition coefficient (Wildman–Crippen LogP) is 4.91. The zero-order valence-corrected chi connectivity index (χ0v) is 13.5. The standard InChI is InChI=1S/C17H15ClN2OS/c18-12-8-10-13(11-9-12)19-16(21)6-3-7-17-20-14-4-1-2-5-15(14)22-17/h1-2,4-5,8-11H,3,6-7H2,(H,19,21). The van der Waals surface area contributed by atoms with Crippen molar-refractivity contribution < 1.29 is 4.79 Å². The molecule has 1 amide bonds. The number of aryl methyl sites for hydroxylation is 1. The number of nitrogens with one attached hydrogen (secondary N) is 1. The molecule has 22 heavy (non-hydrogen) atoms. The highest BCUT2D eigenvalue weighted by Crippen LogP contribution is 2.22. The average molecular weight is 331 g/mol. The van der Waals surface area contributed by atoms with Crippen molar-refractivity contribution in [1.29, 1.82) is 0 Å². The van der Waals surface area contributed by atoms with Gasteiger partial charge < -0.3 is 5.32 Å². The minimum absolute atomic E-state index is 0.0171. The second-order valence-corrected chi connectivity index (χ2v) is 6.54. The molecule has 0 saturated heterocycles. The van der Waals surface area contributed by atoms with Gasteiger partial charge in [0.1, 0.15) is 0 Å². The molecule has 0 radical (unpaired) electrons. The number of para-hydroxylation sites is 1. The number of hydrogen-bond donors (Lipinski definition) is 1. The van der Waals surface area contributed by atoms with Crippen LogP contribution in [0.25, 0.3) is 10.2 Å². The van der Waals surface area contributed by atoms with Gasteiger partial charge in [0.2, 0.25) is 5.91 Å². The average Bonchev–Trinajstić information content (AvgIpc) is 2.92. The van der Waals surface area contributed by atoms with Gasteiger partial charge in [0, 0.05) is 17.1 Å². The molecule has 3 nitrogen and oxygen atoms in total. The van der Waals surface area contributed by atoms with Gasteiger partial charge in [-0.2, -0.15) is 0 Å². The first kappa shape index (κ1) is 15.0. The van der Waals surface area contributed by atoms with Gasteiger partial charge in [0.05, 0.1) is 15.2 Å². The van der Waals surface area contributed by atoms with Crippen molar-refractivity contribution in [2.75, 3.05) is 5.32 Å². The van der Waals surface area contributed by atoms with Gasteiger partial charge in [-0.05, 0) is 49.2 Å². The summed E-state index contributed by atoms with van der Waals surface area (Å²) in [6.07, 6.45) is 2.10. The van der Waals surface area contributed by atoms with Crippen molar-refractivity contribution in [3.8, 4) is 0 Å². The van der Waals surface area contributed by atoms with Gasteiger partial charge in [-0.1, -0.05) is 23.7 Å². The molecule has 2 aromatic carbocycles. The molecule has 0 aliphatic carbocycles. The highest BCUT2D eigenvalue weighted by Gasteiger charge is 2.06. The molecule has 0 bridgehead atoms. The summed E-state index contributed by atoms with van der Waals surface area (Å²) in [5.74, 6) is 0.0171. The molecular formula is C17H15ClN2OS. The molecule has 0 atom stereocenters. The van der Waals surface area contributed by atoms with E-state index in [4.69, 9.17) is 11.6 Å². The summed E-state index contributed by atoms with van der Waals surface area (Å²) >= 11 is 7.51. The van der Waals surface area contributed by atoms with Gasteiger partial charge in [0.15, 0.2) is 0 Å². The van der Waals surface area contributed by atoms with Crippen LogP contribution in [-0.2, 0) is 11.2 Å². The number of aromatic nitrogens is 1. The van der Waals surface area contributed by atoms with Crippen molar-refractivity contribution in [3.05, 3.63) is 58.6 Å². The zero-order valence-electron chi connectivity index (χ0n) is 11.9. The number of carbonyl (C=O) groups is 1. The Labute approximate surface area is 138 Å². The SMILES string of the molecule is O=C(CCCc1nc2ccccc2s1)Nc1ccc(Cl)cc1. The van der Waals surface area contributed by atoms with E-state index in [1.165, 1.54) is 4.70 Å². The molecule has 0 aliphatic heterocycles. The fourth-order valence-corrected chi connectivity index (χ4v) is 3.32. The molecule has 0 saturated carbocycles. The van der Waals surface area contributed by atoms with Crippen LogP contribution >= 0.6 is 22.9 Å². The van der Waals surface area contributed by atoms with E-state index in [2.05, 4.69) is 16.4 Å². The maximum Gasteiger partial charge on any atom is 0.224 e. The molecule has 1 heterocycles. The van der Waals surface area contributed by atoms with Crippen LogP contribution in [0.3, 0.4) is 0 Å². The highest BCUT2D eigenvalue weighted by molar-refractivity contribution is 7.18. The second-order valence-electron chi connectivity index (χ2n) is 4.98. The number of anilines is 1. The summed E-state index contributed by atoms with van der Waals surface area (Å²) in [7, 11) is 0. The smallest absolute Gasteiger partial charge is 0.224 e. The molecule has 5 heteroatoms. The number of benzene rings is 2. The third kappa shape index (κ3) is 3.84. The Morgan fingerprint density at radius 3 is 2.68 bits per heavy atom. The number of fused-ring (bicyclic) bond motifs is 1. The number of rotatable bonds is 5. The molecular weight excluding hydrogens is 316 g/mol. The van der Waals surface area contributed by atoms with E-state index in [1.54, 1.807) is 35.6 Å². The molecule has 0 aliphatic rings. The van der Waals surface area contributed by atoms with Crippen LogP contribution in [0.5, 0.6) is 0 Å². The molecule has 1 aromatic heterocycles. The summed E-state index contributed by atoms with van der Waals surface area (Å²) in [4.78, 5) is 16.5. The van der Waals surface area contributed by atoms with Gasteiger partial charge in [-0.3, -0.25) is 4.79 Å². The summed E-state index contributed by atoms with van der Waals surface area (Å²) < 4.78 is 1.20. The molecule has 112 valence electrons. The van der Waals surface area contributed by atoms with Crippen LogP contribution in [0.15, 0.2) is 48.5 Å². The van der Waals surface area contributed by atoms with Crippen molar-refractivity contribution in [2.45, 2.75) is 19.3 Å². The minimum Gasteiger partial charge on any atom is -0.326 e. The Kier molecular flexibility index (Phi) is 4.71. The molecule has 0 unspecified atom stereocenters. The fraction of sp³-hybridized carbons (Fsp3) is 0.176.